The Kier molecular flexibility index (Phi) is 7.70. The van der Waals surface area contributed by atoms with E-state index in [1.165, 1.54) is 6.26 Å². The summed E-state index contributed by atoms with van der Waals surface area (Å²) >= 11 is 0. The summed E-state index contributed by atoms with van der Waals surface area (Å²) in [4.78, 5) is 38.9. The van der Waals surface area contributed by atoms with Crippen LogP contribution in [0.3, 0.4) is 0 Å². The van der Waals surface area contributed by atoms with E-state index in [4.69, 9.17) is 4.42 Å². The first kappa shape index (κ1) is 23.5. The third-order valence-corrected chi connectivity index (χ3v) is 5.38. The Morgan fingerprint density at radius 2 is 1.43 bits per heavy atom. The van der Waals surface area contributed by atoms with Gasteiger partial charge in [-0.15, -0.1) is 0 Å². The molecule has 0 saturated heterocycles. The Bertz CT molecular complexity index is 1270. The fraction of sp³-hybridized carbons (Fsp3) is 0.107. The summed E-state index contributed by atoms with van der Waals surface area (Å²) in [5, 5.41) is 8.44. The van der Waals surface area contributed by atoms with E-state index in [-0.39, 0.29) is 23.9 Å². The lowest BCUT2D eigenvalue weighted by Crippen LogP contribution is -2.48. The van der Waals surface area contributed by atoms with Crippen LogP contribution in [0.25, 0.3) is 0 Å². The van der Waals surface area contributed by atoms with Crippen LogP contribution >= 0.6 is 0 Å². The van der Waals surface area contributed by atoms with Crippen molar-refractivity contribution in [3.8, 4) is 0 Å². The second-order valence-electron chi connectivity index (χ2n) is 7.88. The number of rotatable bonds is 9. The highest BCUT2D eigenvalue weighted by atomic mass is 16.3. The summed E-state index contributed by atoms with van der Waals surface area (Å²) in [6.07, 6.45) is 1.83. The maximum atomic E-state index is 13.3. The normalized spacial score (nSPS) is 11.3. The van der Waals surface area contributed by atoms with Gasteiger partial charge in [-0.2, -0.15) is 0 Å². The molecule has 0 aliphatic carbocycles. The molecule has 3 aromatic carbocycles. The lowest BCUT2D eigenvalue weighted by atomic mass is 10.0. The predicted molar refractivity (Wildman–Crippen MR) is 133 cm³/mol. The van der Waals surface area contributed by atoms with Crippen LogP contribution in [-0.2, 0) is 17.8 Å². The van der Waals surface area contributed by atoms with Crippen molar-refractivity contribution in [1.29, 1.82) is 0 Å². The van der Waals surface area contributed by atoms with Crippen molar-refractivity contribution < 1.29 is 18.8 Å². The van der Waals surface area contributed by atoms with E-state index in [1.807, 2.05) is 36.4 Å². The number of furan rings is 1. The minimum absolute atomic E-state index is 0.205. The second kappa shape index (κ2) is 11.5. The Morgan fingerprint density at radius 3 is 2.14 bits per heavy atom. The van der Waals surface area contributed by atoms with Gasteiger partial charge in [-0.25, -0.2) is 0 Å². The number of benzene rings is 3. The van der Waals surface area contributed by atoms with Gasteiger partial charge in [0.05, 0.1) is 24.1 Å². The van der Waals surface area contributed by atoms with Crippen LogP contribution in [0.15, 0.2) is 108 Å². The maximum absolute atomic E-state index is 13.3. The standard InChI is InChI=1S/C28H25N3O4/c32-26(21-12-5-2-6-13-21)30-24-16-8-7-15-23(24)27(33)31-25(18-20-10-3-1-4-11-20)28(34)29-19-22-14-9-17-35-22/h1-17,25H,18-19H2,(H,29,34)(H,30,32)(H,31,33)/t25-/m0/s1. The van der Waals surface area contributed by atoms with Crippen LogP contribution in [0.2, 0.25) is 0 Å². The average molecular weight is 468 g/mol. The minimum atomic E-state index is -0.835. The molecule has 0 fully saturated rings. The van der Waals surface area contributed by atoms with Gasteiger partial charge in [-0.3, -0.25) is 14.4 Å². The van der Waals surface area contributed by atoms with Crippen molar-refractivity contribution in [1.82, 2.24) is 10.6 Å². The molecule has 0 radical (unpaired) electrons. The fourth-order valence-electron chi connectivity index (χ4n) is 3.58. The van der Waals surface area contributed by atoms with E-state index in [0.29, 0.717) is 23.4 Å². The molecule has 7 heteroatoms. The molecule has 176 valence electrons. The number of hydrogen-bond donors (Lipinski definition) is 3. The number of para-hydroxylation sites is 1. The van der Waals surface area contributed by atoms with Gasteiger partial charge in [0.2, 0.25) is 5.91 Å². The Hall–Kier alpha value is -4.65. The van der Waals surface area contributed by atoms with Crippen molar-refractivity contribution in [2.45, 2.75) is 19.0 Å². The molecule has 3 amide bonds. The number of carbonyl (C=O) groups excluding carboxylic acids is 3. The topological polar surface area (TPSA) is 100 Å². The summed E-state index contributed by atoms with van der Waals surface area (Å²) < 4.78 is 5.28. The summed E-state index contributed by atoms with van der Waals surface area (Å²) in [6.45, 7) is 0.205. The van der Waals surface area contributed by atoms with Crippen LogP contribution in [0, 0.1) is 0 Å². The van der Waals surface area contributed by atoms with Gasteiger partial charge in [-0.1, -0.05) is 60.7 Å². The van der Waals surface area contributed by atoms with E-state index < -0.39 is 11.9 Å². The average Bonchev–Trinajstić information content (AvgIpc) is 3.42. The van der Waals surface area contributed by atoms with Crippen LogP contribution in [-0.4, -0.2) is 23.8 Å². The van der Waals surface area contributed by atoms with Crippen molar-refractivity contribution in [2.24, 2.45) is 0 Å². The summed E-state index contributed by atoms with van der Waals surface area (Å²) in [7, 11) is 0. The molecule has 4 rings (SSSR count). The second-order valence-corrected chi connectivity index (χ2v) is 7.88. The zero-order valence-corrected chi connectivity index (χ0v) is 18.9. The molecule has 0 aliphatic heterocycles. The fourth-order valence-corrected chi connectivity index (χ4v) is 3.58. The quantitative estimate of drug-likeness (QED) is 0.344. The van der Waals surface area contributed by atoms with Crippen LogP contribution in [0.5, 0.6) is 0 Å². The van der Waals surface area contributed by atoms with Gasteiger partial charge in [-0.05, 0) is 42.0 Å². The number of nitrogens with one attached hydrogen (secondary N) is 3. The SMILES string of the molecule is O=C(Nc1ccccc1C(=O)N[C@@H](Cc1ccccc1)C(=O)NCc1ccco1)c1ccccc1. The summed E-state index contributed by atoms with van der Waals surface area (Å²) in [6, 6.07) is 27.5. The first-order valence-electron chi connectivity index (χ1n) is 11.2. The number of amides is 3. The van der Waals surface area contributed by atoms with Crippen molar-refractivity contribution in [3.05, 3.63) is 126 Å². The summed E-state index contributed by atoms with van der Waals surface area (Å²) in [5.41, 5.74) is 1.99. The molecule has 1 atom stereocenters. The maximum Gasteiger partial charge on any atom is 0.255 e. The van der Waals surface area contributed by atoms with E-state index in [1.54, 1.807) is 60.7 Å². The van der Waals surface area contributed by atoms with Gasteiger partial charge in [0, 0.05) is 12.0 Å². The molecule has 3 N–H and O–H groups in total. The van der Waals surface area contributed by atoms with E-state index in [0.717, 1.165) is 5.56 Å². The highest BCUT2D eigenvalue weighted by Crippen LogP contribution is 2.17. The van der Waals surface area contributed by atoms with Crippen molar-refractivity contribution in [2.75, 3.05) is 5.32 Å². The van der Waals surface area contributed by atoms with Crippen LogP contribution < -0.4 is 16.0 Å². The Labute approximate surface area is 203 Å². The first-order chi connectivity index (χ1) is 17.1. The van der Waals surface area contributed by atoms with E-state index >= 15 is 0 Å². The van der Waals surface area contributed by atoms with Gasteiger partial charge >= 0.3 is 0 Å². The zero-order chi connectivity index (χ0) is 24.5. The molecule has 1 aromatic heterocycles. The van der Waals surface area contributed by atoms with Crippen molar-refractivity contribution in [3.63, 3.8) is 0 Å². The largest absolute Gasteiger partial charge is 0.467 e. The number of anilines is 1. The Balaban J connectivity index is 1.51. The van der Waals surface area contributed by atoms with Crippen LogP contribution in [0.4, 0.5) is 5.69 Å². The molecule has 35 heavy (non-hydrogen) atoms. The third kappa shape index (κ3) is 6.45. The smallest absolute Gasteiger partial charge is 0.255 e. The van der Waals surface area contributed by atoms with Gasteiger partial charge in [0.1, 0.15) is 11.8 Å². The lowest BCUT2D eigenvalue weighted by molar-refractivity contribution is -0.123. The molecule has 0 saturated carbocycles. The summed E-state index contributed by atoms with van der Waals surface area (Å²) in [5.74, 6) is -0.535. The van der Waals surface area contributed by atoms with Gasteiger partial charge in [0.25, 0.3) is 11.8 Å². The number of hydrogen-bond acceptors (Lipinski definition) is 4. The lowest BCUT2D eigenvalue weighted by Gasteiger charge is -2.19. The predicted octanol–water partition coefficient (Wildman–Crippen LogP) is 4.19. The third-order valence-electron chi connectivity index (χ3n) is 5.38. The van der Waals surface area contributed by atoms with E-state index in [9.17, 15) is 14.4 Å². The number of carbonyl (C=O) groups is 3. The van der Waals surface area contributed by atoms with Crippen molar-refractivity contribution >= 4 is 23.4 Å². The molecular formula is C28H25N3O4. The molecule has 0 unspecified atom stereocenters. The Morgan fingerprint density at radius 1 is 0.743 bits per heavy atom. The molecule has 0 spiro atoms. The van der Waals surface area contributed by atoms with E-state index in [2.05, 4.69) is 16.0 Å². The first-order valence-corrected chi connectivity index (χ1v) is 11.2. The zero-order valence-electron chi connectivity index (χ0n) is 18.9. The molecule has 7 nitrogen and oxygen atoms in total. The molecule has 0 bridgehead atoms. The van der Waals surface area contributed by atoms with Gasteiger partial charge in [0.15, 0.2) is 0 Å². The molecular weight excluding hydrogens is 442 g/mol. The van der Waals surface area contributed by atoms with Gasteiger partial charge < -0.3 is 20.4 Å². The minimum Gasteiger partial charge on any atom is -0.467 e. The molecule has 1 heterocycles. The van der Waals surface area contributed by atoms with Crippen LogP contribution in [0.1, 0.15) is 32.0 Å². The molecule has 4 aromatic rings. The highest BCUT2D eigenvalue weighted by molar-refractivity contribution is 6.09. The highest BCUT2D eigenvalue weighted by Gasteiger charge is 2.23. The monoisotopic (exact) mass is 467 g/mol. The molecule has 0 aliphatic rings.